The summed E-state index contributed by atoms with van der Waals surface area (Å²) in [5, 5.41) is 0. The molecule has 1 unspecified atom stereocenters. The third kappa shape index (κ3) is 3.35. The van der Waals surface area contributed by atoms with E-state index in [1.165, 1.54) is 11.4 Å². The second kappa shape index (κ2) is 5.50. The van der Waals surface area contributed by atoms with E-state index in [9.17, 15) is 8.42 Å². The van der Waals surface area contributed by atoms with E-state index in [1.807, 2.05) is 0 Å². The van der Waals surface area contributed by atoms with Crippen LogP contribution in [0.1, 0.15) is 6.92 Å². The Bertz CT molecular complexity index is 422. The Hall–Kier alpha value is -0.810. The molecule has 16 heavy (non-hydrogen) atoms. The van der Waals surface area contributed by atoms with Crippen LogP contribution < -0.4 is 4.31 Å². The monoisotopic (exact) mass is 262 g/mol. The van der Waals surface area contributed by atoms with E-state index >= 15 is 0 Å². The van der Waals surface area contributed by atoms with Gasteiger partial charge >= 0.3 is 0 Å². The first-order valence-electron chi connectivity index (χ1n) is 4.91. The van der Waals surface area contributed by atoms with Gasteiger partial charge in [0.1, 0.15) is 5.82 Å². The van der Waals surface area contributed by atoms with Crippen molar-refractivity contribution in [3.05, 3.63) is 24.4 Å². The third-order valence-corrected chi connectivity index (χ3v) is 4.69. The number of hydrogen-bond acceptors (Lipinski definition) is 3. The fourth-order valence-electron chi connectivity index (χ4n) is 1.20. The molecule has 1 atom stereocenters. The Morgan fingerprint density at radius 2 is 2.19 bits per heavy atom. The van der Waals surface area contributed by atoms with Crippen molar-refractivity contribution in [1.29, 1.82) is 0 Å². The maximum absolute atomic E-state index is 11.9. The largest absolute Gasteiger partial charge is 0.257 e. The maximum atomic E-state index is 11.9. The Labute approximate surface area is 101 Å². The number of halogens is 1. The second-order valence-corrected chi connectivity index (χ2v) is 6.05. The van der Waals surface area contributed by atoms with E-state index in [0.717, 1.165) is 0 Å². The molecule has 0 aliphatic heterocycles. The fraction of sp³-hybridized carbons (Fsp3) is 0.500. The highest BCUT2D eigenvalue weighted by atomic mass is 35.5. The number of nitrogens with zero attached hydrogens (tertiary/aromatic N) is 2. The summed E-state index contributed by atoms with van der Waals surface area (Å²) in [6, 6.07) is 5.15. The van der Waals surface area contributed by atoms with Crippen LogP contribution in [0.5, 0.6) is 0 Å². The molecule has 6 heteroatoms. The van der Waals surface area contributed by atoms with Crippen molar-refractivity contribution in [2.24, 2.45) is 5.92 Å². The summed E-state index contributed by atoms with van der Waals surface area (Å²) in [4.78, 5) is 3.99. The topological polar surface area (TPSA) is 50.3 Å². The van der Waals surface area contributed by atoms with Crippen LogP contribution >= 0.6 is 11.6 Å². The average Bonchev–Trinajstić information content (AvgIpc) is 2.28. The van der Waals surface area contributed by atoms with Gasteiger partial charge in [0.05, 0.1) is 5.75 Å². The van der Waals surface area contributed by atoms with Gasteiger partial charge in [-0.15, -0.1) is 11.6 Å². The van der Waals surface area contributed by atoms with E-state index < -0.39 is 10.0 Å². The lowest BCUT2D eigenvalue weighted by molar-refractivity contribution is 0.581. The predicted molar refractivity (Wildman–Crippen MR) is 66.3 cm³/mol. The summed E-state index contributed by atoms with van der Waals surface area (Å²) in [7, 11) is -1.84. The molecule has 0 N–H and O–H groups in total. The Balaban J connectivity index is 2.85. The fourth-order valence-corrected chi connectivity index (χ4v) is 2.89. The first kappa shape index (κ1) is 13.3. The number of rotatable bonds is 5. The lowest BCUT2D eigenvalue weighted by atomic mass is 10.3. The molecule has 1 rings (SSSR count). The summed E-state index contributed by atoms with van der Waals surface area (Å²) < 4.78 is 25.0. The Kier molecular flexibility index (Phi) is 4.56. The van der Waals surface area contributed by atoms with Gasteiger partial charge in [0.2, 0.25) is 10.0 Å². The zero-order valence-electron chi connectivity index (χ0n) is 9.30. The van der Waals surface area contributed by atoms with Gasteiger partial charge < -0.3 is 0 Å². The van der Waals surface area contributed by atoms with Gasteiger partial charge in [0.15, 0.2) is 0 Å². The molecule has 0 saturated heterocycles. The van der Waals surface area contributed by atoms with Gasteiger partial charge in [-0.2, -0.15) is 0 Å². The van der Waals surface area contributed by atoms with Gasteiger partial charge in [-0.3, -0.25) is 4.31 Å². The predicted octanol–water partition coefficient (Wildman–Crippen LogP) is 1.72. The highest BCUT2D eigenvalue weighted by Gasteiger charge is 2.21. The van der Waals surface area contributed by atoms with Crippen molar-refractivity contribution in [3.8, 4) is 0 Å². The van der Waals surface area contributed by atoms with Crippen molar-refractivity contribution in [1.82, 2.24) is 4.98 Å². The molecule has 0 aromatic carbocycles. The Morgan fingerprint density at radius 1 is 1.50 bits per heavy atom. The second-order valence-electron chi connectivity index (χ2n) is 3.69. The van der Waals surface area contributed by atoms with Crippen LogP contribution in [-0.2, 0) is 10.0 Å². The van der Waals surface area contributed by atoms with E-state index in [1.54, 1.807) is 31.3 Å². The van der Waals surface area contributed by atoms with Crippen LogP contribution in [0.4, 0.5) is 5.82 Å². The molecule has 0 radical (unpaired) electrons. The lowest BCUT2D eigenvalue weighted by Gasteiger charge is -2.19. The van der Waals surface area contributed by atoms with E-state index in [4.69, 9.17) is 11.6 Å². The molecule has 0 aliphatic carbocycles. The first-order chi connectivity index (χ1) is 7.47. The average molecular weight is 263 g/mol. The van der Waals surface area contributed by atoms with E-state index in [2.05, 4.69) is 4.98 Å². The minimum Gasteiger partial charge on any atom is -0.257 e. The Morgan fingerprint density at radius 3 is 2.69 bits per heavy atom. The first-order valence-corrected chi connectivity index (χ1v) is 7.05. The zero-order valence-corrected chi connectivity index (χ0v) is 10.9. The van der Waals surface area contributed by atoms with E-state index in [0.29, 0.717) is 11.7 Å². The number of sulfonamides is 1. The van der Waals surface area contributed by atoms with Crippen molar-refractivity contribution in [2.45, 2.75) is 6.92 Å². The highest BCUT2D eigenvalue weighted by Crippen LogP contribution is 2.14. The molecule has 90 valence electrons. The summed E-state index contributed by atoms with van der Waals surface area (Å²) in [6.45, 7) is 1.80. The molecule has 0 saturated carbocycles. The summed E-state index contributed by atoms with van der Waals surface area (Å²) in [5.41, 5.74) is 0. The van der Waals surface area contributed by atoms with Gasteiger partial charge in [0, 0.05) is 19.1 Å². The number of alkyl halides is 1. The van der Waals surface area contributed by atoms with Crippen LogP contribution in [0.15, 0.2) is 24.4 Å². The quantitative estimate of drug-likeness (QED) is 0.760. The number of aromatic nitrogens is 1. The normalized spacial score (nSPS) is 13.4. The molecule has 1 heterocycles. The van der Waals surface area contributed by atoms with Crippen LogP contribution in [0.25, 0.3) is 0 Å². The third-order valence-electron chi connectivity index (χ3n) is 2.15. The molecular weight excluding hydrogens is 248 g/mol. The molecular formula is C10H15ClN2O2S. The van der Waals surface area contributed by atoms with Gasteiger partial charge in [0.25, 0.3) is 0 Å². The van der Waals surface area contributed by atoms with Gasteiger partial charge in [-0.05, 0) is 18.1 Å². The minimum atomic E-state index is -3.34. The van der Waals surface area contributed by atoms with Crippen LogP contribution in [0.3, 0.4) is 0 Å². The molecule has 4 nitrogen and oxygen atoms in total. The SMILES string of the molecule is CC(CCl)CS(=O)(=O)N(C)c1ccccn1. The van der Waals surface area contributed by atoms with Crippen LogP contribution in [0.2, 0.25) is 0 Å². The molecule has 1 aromatic heterocycles. The molecule has 0 fully saturated rings. The lowest BCUT2D eigenvalue weighted by Crippen LogP contribution is -2.32. The smallest absolute Gasteiger partial charge is 0.236 e. The molecule has 0 bridgehead atoms. The van der Waals surface area contributed by atoms with Crippen molar-refractivity contribution in [3.63, 3.8) is 0 Å². The van der Waals surface area contributed by atoms with Crippen LogP contribution in [-0.4, -0.2) is 32.1 Å². The van der Waals surface area contributed by atoms with E-state index in [-0.39, 0.29) is 11.7 Å². The van der Waals surface area contributed by atoms with Crippen molar-refractivity contribution >= 4 is 27.4 Å². The highest BCUT2D eigenvalue weighted by molar-refractivity contribution is 7.92. The summed E-state index contributed by atoms with van der Waals surface area (Å²) in [6.07, 6.45) is 1.56. The number of hydrogen-bond donors (Lipinski definition) is 0. The van der Waals surface area contributed by atoms with Gasteiger partial charge in [-0.1, -0.05) is 13.0 Å². The standard InChI is InChI=1S/C10H15ClN2O2S/c1-9(7-11)8-16(14,15)13(2)10-5-3-4-6-12-10/h3-6,9H,7-8H2,1-2H3. The summed E-state index contributed by atoms with van der Waals surface area (Å²) >= 11 is 5.61. The van der Waals surface area contributed by atoms with Crippen molar-refractivity contribution < 1.29 is 8.42 Å². The molecule has 0 amide bonds. The van der Waals surface area contributed by atoms with Gasteiger partial charge in [-0.25, -0.2) is 13.4 Å². The molecule has 0 aliphatic rings. The maximum Gasteiger partial charge on any atom is 0.236 e. The molecule has 1 aromatic rings. The van der Waals surface area contributed by atoms with Crippen LogP contribution in [0, 0.1) is 5.92 Å². The minimum absolute atomic E-state index is 0.0313. The van der Waals surface area contributed by atoms with Crippen molar-refractivity contribution in [2.75, 3.05) is 23.0 Å². The summed E-state index contributed by atoms with van der Waals surface area (Å²) in [5.74, 6) is 0.709. The zero-order chi connectivity index (χ0) is 12.2. The number of pyridine rings is 1. The molecule has 0 spiro atoms. The number of anilines is 1.